The van der Waals surface area contributed by atoms with E-state index in [2.05, 4.69) is 10.2 Å². The average Bonchev–Trinajstić information content (AvgIpc) is 3.01. The number of hydrogen-bond acceptors (Lipinski definition) is 9. The Bertz CT molecular complexity index is 577. The fourth-order valence-corrected chi connectivity index (χ4v) is 5.03. The number of aliphatic hydroxyl groups is 1. The highest BCUT2D eigenvalue weighted by Gasteiger charge is 2.56. The van der Waals surface area contributed by atoms with Crippen LogP contribution < -0.4 is 11.5 Å². The summed E-state index contributed by atoms with van der Waals surface area (Å²) in [6.45, 7) is 2.30. The smallest absolute Gasteiger partial charge is 0.233 e. The fourth-order valence-electron chi connectivity index (χ4n) is 3.49. The Morgan fingerprint density at radius 2 is 2.21 bits per heavy atom. The van der Waals surface area contributed by atoms with Gasteiger partial charge in [-0.15, -0.1) is 10.2 Å². The molecule has 1 aliphatic carbocycles. The molecule has 2 aliphatic rings. The number of thioether (sulfide) groups is 1. The number of nitrogens with zero attached hydrogens (tertiary/aromatic N) is 3. The summed E-state index contributed by atoms with van der Waals surface area (Å²) in [5.74, 6) is 0.411. The Balaban J connectivity index is 1.48. The Morgan fingerprint density at radius 1 is 1.46 bits per heavy atom. The van der Waals surface area contributed by atoms with E-state index >= 15 is 0 Å². The predicted octanol–water partition coefficient (Wildman–Crippen LogP) is -0.0703. The molecule has 0 bridgehead atoms. The SMILES string of the molecule is NCCO[C@@H]1C[C@H](O)C12CCN(C(=O)CSc1nnc(N)s1)CC2. The van der Waals surface area contributed by atoms with Crippen molar-refractivity contribution in [3.05, 3.63) is 0 Å². The lowest BCUT2D eigenvalue weighted by Gasteiger charge is -2.56. The summed E-state index contributed by atoms with van der Waals surface area (Å²) in [6.07, 6.45) is 1.93. The molecule has 1 saturated carbocycles. The summed E-state index contributed by atoms with van der Waals surface area (Å²) >= 11 is 2.65. The van der Waals surface area contributed by atoms with Crippen molar-refractivity contribution in [3.8, 4) is 0 Å². The van der Waals surface area contributed by atoms with Gasteiger partial charge in [0, 0.05) is 31.5 Å². The van der Waals surface area contributed by atoms with Crippen molar-refractivity contribution >= 4 is 34.1 Å². The lowest BCUT2D eigenvalue weighted by atomic mass is 9.58. The van der Waals surface area contributed by atoms with Gasteiger partial charge in [0.25, 0.3) is 0 Å². The van der Waals surface area contributed by atoms with E-state index in [-0.39, 0.29) is 23.5 Å². The molecule has 2 atom stereocenters. The molecule has 1 amide bonds. The van der Waals surface area contributed by atoms with Crippen molar-refractivity contribution < 1.29 is 14.6 Å². The van der Waals surface area contributed by atoms with Crippen LogP contribution in [0.4, 0.5) is 5.13 Å². The molecule has 2 fully saturated rings. The number of piperidine rings is 1. The highest BCUT2D eigenvalue weighted by molar-refractivity contribution is 8.01. The van der Waals surface area contributed by atoms with Crippen LogP contribution >= 0.6 is 23.1 Å². The minimum Gasteiger partial charge on any atom is -0.392 e. The zero-order valence-electron chi connectivity index (χ0n) is 13.4. The van der Waals surface area contributed by atoms with Crippen molar-refractivity contribution in [3.63, 3.8) is 0 Å². The van der Waals surface area contributed by atoms with Gasteiger partial charge >= 0.3 is 0 Å². The predicted molar refractivity (Wildman–Crippen MR) is 92.7 cm³/mol. The number of likely N-dealkylation sites (tertiary alicyclic amines) is 1. The van der Waals surface area contributed by atoms with Gasteiger partial charge in [0.05, 0.1) is 24.6 Å². The van der Waals surface area contributed by atoms with Gasteiger partial charge in [-0.3, -0.25) is 4.79 Å². The first kappa shape index (κ1) is 17.9. The second kappa shape index (κ2) is 7.52. The van der Waals surface area contributed by atoms with E-state index in [4.69, 9.17) is 16.2 Å². The monoisotopic (exact) mass is 373 g/mol. The third-order valence-corrected chi connectivity index (χ3v) is 6.84. The molecule has 1 spiro atoms. The number of aliphatic hydroxyl groups excluding tert-OH is 1. The van der Waals surface area contributed by atoms with Gasteiger partial charge in [0.1, 0.15) is 0 Å². The Kier molecular flexibility index (Phi) is 5.60. The number of hydrogen-bond donors (Lipinski definition) is 3. The maximum absolute atomic E-state index is 12.4. The summed E-state index contributed by atoms with van der Waals surface area (Å²) in [4.78, 5) is 14.2. The minimum absolute atomic E-state index is 0.0621. The molecule has 134 valence electrons. The van der Waals surface area contributed by atoms with Crippen LogP contribution in [0.5, 0.6) is 0 Å². The molecule has 3 rings (SSSR count). The van der Waals surface area contributed by atoms with Gasteiger partial charge in [-0.1, -0.05) is 23.1 Å². The zero-order valence-corrected chi connectivity index (χ0v) is 15.0. The van der Waals surface area contributed by atoms with Crippen LogP contribution in [0.15, 0.2) is 4.34 Å². The highest BCUT2D eigenvalue weighted by atomic mass is 32.2. The lowest BCUT2D eigenvalue weighted by molar-refractivity contribution is -0.210. The van der Waals surface area contributed by atoms with E-state index in [9.17, 15) is 9.90 Å². The zero-order chi connectivity index (χ0) is 17.2. The van der Waals surface area contributed by atoms with Crippen molar-refractivity contribution in [1.29, 1.82) is 0 Å². The van der Waals surface area contributed by atoms with Crippen molar-refractivity contribution in [2.75, 3.05) is 37.7 Å². The number of carbonyl (C=O) groups excluding carboxylic acids is 1. The number of amides is 1. The van der Waals surface area contributed by atoms with E-state index in [1.165, 1.54) is 23.1 Å². The summed E-state index contributed by atoms with van der Waals surface area (Å²) in [5, 5.41) is 18.3. The normalized spacial score (nSPS) is 25.7. The minimum atomic E-state index is -0.337. The molecule has 1 aromatic rings. The summed E-state index contributed by atoms with van der Waals surface area (Å²) in [7, 11) is 0. The molecule has 10 heteroatoms. The second-order valence-corrected chi connectivity index (χ2v) is 8.44. The Hall–Kier alpha value is -0.940. The van der Waals surface area contributed by atoms with Gasteiger partial charge in [-0.05, 0) is 12.8 Å². The van der Waals surface area contributed by atoms with E-state index in [0.717, 1.165) is 12.8 Å². The third kappa shape index (κ3) is 3.52. The van der Waals surface area contributed by atoms with E-state index in [1.807, 2.05) is 4.90 Å². The van der Waals surface area contributed by atoms with Crippen LogP contribution in [-0.4, -0.2) is 70.3 Å². The molecule has 2 heterocycles. The third-order valence-electron chi connectivity index (χ3n) is 4.97. The maximum atomic E-state index is 12.4. The van der Waals surface area contributed by atoms with Gasteiger partial charge in [-0.2, -0.15) is 0 Å². The number of rotatable bonds is 6. The van der Waals surface area contributed by atoms with Crippen molar-refractivity contribution in [2.24, 2.45) is 11.1 Å². The number of nitrogens with two attached hydrogens (primary N) is 2. The topological polar surface area (TPSA) is 128 Å². The van der Waals surface area contributed by atoms with Crippen molar-refractivity contribution in [2.45, 2.75) is 35.8 Å². The largest absolute Gasteiger partial charge is 0.392 e. The molecule has 8 nitrogen and oxygen atoms in total. The summed E-state index contributed by atoms with van der Waals surface area (Å²) in [6, 6.07) is 0. The van der Waals surface area contributed by atoms with Crippen LogP contribution in [0.3, 0.4) is 0 Å². The number of ether oxygens (including phenoxy) is 1. The quantitative estimate of drug-likeness (QED) is 0.591. The van der Waals surface area contributed by atoms with Crippen molar-refractivity contribution in [1.82, 2.24) is 15.1 Å². The number of nitrogen functional groups attached to an aromatic ring is 1. The van der Waals surface area contributed by atoms with E-state index in [1.54, 1.807) is 0 Å². The molecule has 0 unspecified atom stereocenters. The molecule has 1 saturated heterocycles. The highest BCUT2D eigenvalue weighted by Crippen LogP contribution is 2.50. The number of anilines is 1. The van der Waals surface area contributed by atoms with Crippen LogP contribution in [0, 0.1) is 5.41 Å². The van der Waals surface area contributed by atoms with Gasteiger partial charge < -0.3 is 26.2 Å². The molecule has 0 aromatic carbocycles. The first-order chi connectivity index (χ1) is 11.5. The Morgan fingerprint density at radius 3 is 2.79 bits per heavy atom. The van der Waals surface area contributed by atoms with Gasteiger partial charge in [0.15, 0.2) is 4.34 Å². The lowest BCUT2D eigenvalue weighted by Crippen LogP contribution is -2.63. The van der Waals surface area contributed by atoms with Crippen LogP contribution in [0.2, 0.25) is 0 Å². The second-order valence-electron chi connectivity index (χ2n) is 6.21. The summed E-state index contributed by atoms with van der Waals surface area (Å²) in [5.41, 5.74) is 10.8. The molecular formula is C14H23N5O3S2. The standard InChI is InChI=1S/C14H23N5O3S2/c15-3-6-22-10-7-9(20)14(10)1-4-19(5-2-14)11(21)8-23-13-18-17-12(16)24-13/h9-10,20H,1-8,15H2,(H2,16,17)/t9-,10+/m0/s1. The van der Waals surface area contributed by atoms with Gasteiger partial charge in [-0.25, -0.2) is 0 Å². The van der Waals surface area contributed by atoms with Crippen LogP contribution in [0.25, 0.3) is 0 Å². The number of aromatic nitrogens is 2. The van der Waals surface area contributed by atoms with Crippen LogP contribution in [0.1, 0.15) is 19.3 Å². The first-order valence-corrected chi connectivity index (χ1v) is 9.84. The van der Waals surface area contributed by atoms with E-state index < -0.39 is 0 Å². The maximum Gasteiger partial charge on any atom is 0.233 e. The molecule has 1 aromatic heterocycles. The van der Waals surface area contributed by atoms with Gasteiger partial charge in [0.2, 0.25) is 11.0 Å². The molecule has 24 heavy (non-hydrogen) atoms. The first-order valence-electron chi connectivity index (χ1n) is 8.04. The Labute approximate surface area is 148 Å². The summed E-state index contributed by atoms with van der Waals surface area (Å²) < 4.78 is 6.48. The molecular weight excluding hydrogens is 350 g/mol. The molecule has 0 radical (unpaired) electrons. The van der Waals surface area contributed by atoms with Crippen LogP contribution in [-0.2, 0) is 9.53 Å². The van der Waals surface area contributed by atoms with E-state index in [0.29, 0.717) is 47.9 Å². The molecule has 5 N–H and O–H groups in total. The number of carbonyl (C=O) groups is 1. The average molecular weight is 374 g/mol. The molecule has 1 aliphatic heterocycles. The fraction of sp³-hybridized carbons (Fsp3) is 0.786.